The average Bonchev–Trinajstić information content (AvgIpc) is 1.73. The highest BCUT2D eigenvalue weighted by molar-refractivity contribution is 5.90. The molecular weight excluding hydrogens is 1560 g/mol. The zero-order valence-electron chi connectivity index (χ0n) is 72.8. The number of hydrogen-bond donors (Lipinski definition) is 4. The van der Waals surface area contributed by atoms with Gasteiger partial charge in [-0.1, -0.05) is 125 Å². The van der Waals surface area contributed by atoms with Gasteiger partial charge in [0.2, 0.25) is 0 Å². The van der Waals surface area contributed by atoms with Crippen LogP contribution in [0.25, 0.3) is 0 Å². The second kappa shape index (κ2) is 39.8. The molecule has 9 aliphatic rings. The van der Waals surface area contributed by atoms with Gasteiger partial charge in [-0.05, 0) is 233 Å². The summed E-state index contributed by atoms with van der Waals surface area (Å²) in [4.78, 5) is 103. The minimum Gasteiger partial charge on any atom is -0.334 e. The Balaban J connectivity index is 0.000000118. The SMILES string of the molecule is Cc1ccc2c(c1)CCc1cccnc1C2N1CCN(C(=O)NC2CCCN(C)C2)CC1.Cc1ccc2c(c1)CCc1cccnc1C2N1CCN(C(=O)Nc2ccccn2)CC1.Cc1ccc2c(c1)CCc1cccnc1C2N1CCN(C(=O)Nc2ccncc2)CC1.Cc1ccc2c(c1)CCc1cccnc1[C@H]2N1CCN(C(=O)Nc2cccnc2)CC1. The molecule has 24 nitrogen and oxygen atoms in total. The van der Waals surface area contributed by atoms with Crippen LogP contribution in [-0.4, -0.2) is 234 Å². The standard InChI is InChI=1S/C26H35N5O.3C25H27N5O/c1-19-7-10-23-21(17-19)9-8-20-5-3-11-27-24(20)25(23)30-13-15-31(16-14-30)26(32)28-22-6-4-12-29(2)18-22;1-18-6-9-22-20(16-18)8-7-19-4-2-11-27-23(19)24(22)29-12-14-30(15-13-29)25(31)28-21-5-3-10-26-17-21;1-18-4-7-22-20(17-18)6-5-19-3-2-10-27-23(19)24(22)29-13-15-30(16-14-29)25(31)28-21-8-11-26-12-9-21;1-18-7-10-21-20(17-18)9-8-19-5-4-12-27-23(19)24(21)29-13-15-30(16-14-29)25(31)28-22-6-2-3-11-26-22/h3,5,7,10-11,17,22,25H,4,6,8-9,12-16,18H2,1-2H3,(H,28,32);2-6,9-11,16-17,24H,7-8,12-15H2,1H3,(H,28,31);2-4,7-12,17,24H,5-6,13-16H2,1H3,(H,26,28,31);2-7,10-12,17,24H,8-9,13-16H2,1H3,(H,26,28,31)/t;24-;;/m.0../s1. The summed E-state index contributed by atoms with van der Waals surface area (Å²) in [7, 11) is 2.13. The Bertz CT molecular complexity index is 5140. The van der Waals surface area contributed by atoms with Crippen LogP contribution in [0.15, 0.2) is 220 Å². The zero-order valence-corrected chi connectivity index (χ0v) is 72.8. The summed E-state index contributed by atoms with van der Waals surface area (Å²) < 4.78 is 0. The lowest BCUT2D eigenvalue weighted by atomic mass is 9.94. The summed E-state index contributed by atoms with van der Waals surface area (Å²) in [6, 6.07) is 57.9. The Kier molecular flexibility index (Phi) is 27.0. The van der Waals surface area contributed by atoms with Gasteiger partial charge < -0.3 is 40.4 Å². The molecule has 4 aliphatic carbocycles. The van der Waals surface area contributed by atoms with Crippen molar-refractivity contribution in [1.82, 2.24) is 84.3 Å². The number of fused-ring (bicyclic) bond motifs is 8. The predicted molar refractivity (Wildman–Crippen MR) is 490 cm³/mol. The molecule has 5 saturated heterocycles. The maximum Gasteiger partial charge on any atom is 0.323 e. The Morgan fingerprint density at radius 3 is 1.01 bits per heavy atom. The van der Waals surface area contributed by atoms with E-state index in [-0.39, 0.29) is 54.3 Å². The van der Waals surface area contributed by atoms with E-state index in [1.165, 1.54) is 106 Å². The molecule has 4 N–H and O–H groups in total. The lowest BCUT2D eigenvalue weighted by molar-refractivity contribution is 0.114. The first-order chi connectivity index (χ1) is 61.1. The van der Waals surface area contributed by atoms with Crippen molar-refractivity contribution in [3.8, 4) is 0 Å². The number of carbonyl (C=O) groups is 4. The van der Waals surface area contributed by atoms with Gasteiger partial charge in [0.15, 0.2) is 0 Å². The molecule has 0 saturated carbocycles. The number of pyridine rings is 7. The molecule has 4 unspecified atom stereocenters. The monoisotopic (exact) mass is 1670 g/mol. The van der Waals surface area contributed by atoms with Crippen molar-refractivity contribution in [3.63, 3.8) is 0 Å². The number of urea groups is 4. The van der Waals surface area contributed by atoms with Gasteiger partial charge in [0.1, 0.15) is 5.82 Å². The van der Waals surface area contributed by atoms with Crippen molar-refractivity contribution < 1.29 is 19.2 Å². The van der Waals surface area contributed by atoms with Crippen LogP contribution >= 0.6 is 0 Å². The molecule has 5 atom stereocenters. The molecule has 5 fully saturated rings. The number of nitrogens with one attached hydrogen (secondary N) is 4. The number of aromatic nitrogens is 7. The number of piperidine rings is 1. The van der Waals surface area contributed by atoms with Crippen molar-refractivity contribution in [1.29, 1.82) is 0 Å². The fourth-order valence-electron chi connectivity index (χ4n) is 19.8. The molecule has 0 bridgehead atoms. The lowest BCUT2D eigenvalue weighted by Gasteiger charge is -2.40. The molecule has 11 aromatic rings. The lowest BCUT2D eigenvalue weighted by Crippen LogP contribution is -2.56. The number of anilines is 3. The Morgan fingerprint density at radius 2 is 0.656 bits per heavy atom. The molecule has 12 heterocycles. The maximum absolute atomic E-state index is 12.9. The topological polar surface area (TPSA) is 236 Å². The number of hydrogen-bond acceptors (Lipinski definition) is 16. The molecule has 0 radical (unpaired) electrons. The van der Waals surface area contributed by atoms with E-state index >= 15 is 0 Å². The largest absolute Gasteiger partial charge is 0.334 e. The first-order valence-electron chi connectivity index (χ1n) is 44.9. The van der Waals surface area contributed by atoms with Crippen LogP contribution in [0.1, 0.15) is 149 Å². The maximum atomic E-state index is 12.9. The Labute approximate surface area is 735 Å². The van der Waals surface area contributed by atoms with Crippen LogP contribution in [0.3, 0.4) is 0 Å². The van der Waals surface area contributed by atoms with Gasteiger partial charge in [-0.15, -0.1) is 0 Å². The number of piperazine rings is 4. The van der Waals surface area contributed by atoms with E-state index in [0.717, 1.165) is 160 Å². The van der Waals surface area contributed by atoms with Gasteiger partial charge >= 0.3 is 24.1 Å². The number of likely N-dealkylation sites (tertiary alicyclic amines) is 1. The Morgan fingerprint density at radius 1 is 0.312 bits per heavy atom. The minimum absolute atomic E-state index is 0.0544. The van der Waals surface area contributed by atoms with Crippen molar-refractivity contribution in [2.24, 2.45) is 0 Å². The summed E-state index contributed by atoms with van der Waals surface area (Å²) >= 11 is 0. The van der Waals surface area contributed by atoms with Gasteiger partial charge in [-0.2, -0.15) is 0 Å². The van der Waals surface area contributed by atoms with Gasteiger partial charge in [0.05, 0.1) is 58.8 Å². The highest BCUT2D eigenvalue weighted by Crippen LogP contribution is 2.42. The third-order valence-corrected chi connectivity index (χ3v) is 26.3. The zero-order chi connectivity index (χ0) is 85.7. The molecule has 644 valence electrons. The smallest absolute Gasteiger partial charge is 0.323 e. The fraction of sp³-hybridized carbons (Fsp3) is 0.376. The van der Waals surface area contributed by atoms with Crippen molar-refractivity contribution in [2.75, 3.05) is 141 Å². The molecule has 7 aromatic heterocycles. The molecular formula is C101H116N20O4. The van der Waals surface area contributed by atoms with Gasteiger partial charge in [-0.3, -0.25) is 54.8 Å². The highest BCUT2D eigenvalue weighted by Gasteiger charge is 2.39. The average molecular weight is 1670 g/mol. The summed E-state index contributed by atoms with van der Waals surface area (Å²) in [6.45, 7) is 23.0. The third kappa shape index (κ3) is 20.3. The van der Waals surface area contributed by atoms with E-state index in [1.807, 2.05) is 86.9 Å². The molecule has 8 amide bonds. The molecule has 5 aliphatic heterocycles. The quantitative estimate of drug-likeness (QED) is 0.111. The van der Waals surface area contributed by atoms with E-state index in [2.05, 4.69) is 199 Å². The van der Waals surface area contributed by atoms with Crippen molar-refractivity contribution in [3.05, 3.63) is 331 Å². The first kappa shape index (κ1) is 85.0. The summed E-state index contributed by atoms with van der Waals surface area (Å²) in [5.74, 6) is 0.584. The highest BCUT2D eigenvalue weighted by atomic mass is 16.2. The second-order valence-corrected chi connectivity index (χ2v) is 34.7. The number of amides is 8. The fourth-order valence-corrected chi connectivity index (χ4v) is 19.8. The van der Waals surface area contributed by atoms with E-state index < -0.39 is 0 Å². The van der Waals surface area contributed by atoms with Crippen LogP contribution in [-0.2, 0) is 51.4 Å². The number of benzene rings is 4. The van der Waals surface area contributed by atoms with Crippen LogP contribution in [0, 0.1) is 27.7 Å². The van der Waals surface area contributed by atoms with Crippen LogP contribution < -0.4 is 21.3 Å². The van der Waals surface area contributed by atoms with Gasteiger partial charge in [0.25, 0.3) is 0 Å². The van der Waals surface area contributed by atoms with E-state index in [4.69, 9.17) is 19.9 Å². The number of nitrogens with zero attached hydrogens (tertiary/aromatic N) is 16. The van der Waals surface area contributed by atoms with E-state index in [9.17, 15) is 19.2 Å². The van der Waals surface area contributed by atoms with Crippen molar-refractivity contribution in [2.45, 2.75) is 122 Å². The van der Waals surface area contributed by atoms with Gasteiger partial charge in [-0.25, -0.2) is 24.2 Å². The normalized spacial score (nSPS) is 20.1. The molecule has 20 rings (SSSR count). The molecule has 4 aromatic carbocycles. The van der Waals surface area contributed by atoms with E-state index in [0.29, 0.717) is 45.1 Å². The number of aryl methyl sites for hydroxylation is 12. The van der Waals surface area contributed by atoms with Crippen LogP contribution in [0.5, 0.6) is 0 Å². The predicted octanol–water partition coefficient (Wildman–Crippen LogP) is 14.5. The summed E-state index contributed by atoms with van der Waals surface area (Å²) in [6.07, 6.45) is 26.6. The van der Waals surface area contributed by atoms with E-state index in [1.54, 1.807) is 49.2 Å². The summed E-state index contributed by atoms with van der Waals surface area (Å²) in [5, 5.41) is 12.1. The minimum atomic E-state index is -0.0891. The third-order valence-electron chi connectivity index (χ3n) is 26.3. The van der Waals surface area contributed by atoms with Crippen molar-refractivity contribution >= 4 is 41.3 Å². The number of likely N-dealkylation sites (N-methyl/N-ethyl adjacent to an activating group) is 1. The van der Waals surface area contributed by atoms with Crippen LogP contribution in [0.2, 0.25) is 0 Å². The molecule has 0 spiro atoms. The Hall–Kier alpha value is -12.2. The summed E-state index contributed by atoms with van der Waals surface area (Å²) in [5.41, 5.74) is 27.9. The second-order valence-electron chi connectivity index (χ2n) is 34.7. The number of carbonyl (C=O) groups excluding carboxylic acids is 4. The van der Waals surface area contributed by atoms with Crippen LogP contribution in [0.4, 0.5) is 36.4 Å². The first-order valence-corrected chi connectivity index (χ1v) is 44.9. The number of rotatable bonds is 8. The molecule has 24 heteroatoms. The molecule has 125 heavy (non-hydrogen) atoms. The van der Waals surface area contributed by atoms with Gasteiger partial charge in [0, 0.05) is 173 Å².